The quantitative estimate of drug-likeness (QED) is 0.894. The van der Waals surface area contributed by atoms with Crippen LogP contribution in [0.3, 0.4) is 0 Å². The Morgan fingerprint density at radius 3 is 2.87 bits per heavy atom. The van der Waals surface area contributed by atoms with E-state index in [4.69, 9.17) is 15.2 Å². The van der Waals surface area contributed by atoms with E-state index in [0.29, 0.717) is 23.6 Å². The van der Waals surface area contributed by atoms with Gasteiger partial charge < -0.3 is 20.5 Å². The van der Waals surface area contributed by atoms with Crippen molar-refractivity contribution in [3.05, 3.63) is 53.3 Å². The summed E-state index contributed by atoms with van der Waals surface area (Å²) in [6.45, 7) is 2.46. The third-order valence-electron chi connectivity index (χ3n) is 3.53. The van der Waals surface area contributed by atoms with Crippen molar-refractivity contribution in [2.75, 3.05) is 6.79 Å². The molecule has 7 heteroatoms. The van der Waals surface area contributed by atoms with E-state index in [-0.39, 0.29) is 31.1 Å². The molecule has 1 unspecified atom stereocenters. The van der Waals surface area contributed by atoms with Crippen LogP contribution in [0.15, 0.2) is 36.5 Å². The van der Waals surface area contributed by atoms with Crippen molar-refractivity contribution in [1.82, 2.24) is 10.3 Å². The van der Waals surface area contributed by atoms with Crippen LogP contribution >= 0.6 is 12.4 Å². The van der Waals surface area contributed by atoms with Crippen LogP contribution in [0.2, 0.25) is 0 Å². The first-order valence-corrected chi connectivity index (χ1v) is 7.03. The molecular weight excluding hydrogens is 318 g/mol. The molecule has 2 heterocycles. The van der Waals surface area contributed by atoms with Gasteiger partial charge in [-0.2, -0.15) is 0 Å². The summed E-state index contributed by atoms with van der Waals surface area (Å²) in [5.41, 5.74) is 7.72. The van der Waals surface area contributed by atoms with E-state index >= 15 is 0 Å². The molecule has 1 aromatic heterocycles. The number of pyridine rings is 1. The van der Waals surface area contributed by atoms with Gasteiger partial charge in [-0.05, 0) is 36.8 Å². The van der Waals surface area contributed by atoms with Gasteiger partial charge in [0.05, 0.1) is 11.7 Å². The van der Waals surface area contributed by atoms with Crippen LogP contribution in [0, 0.1) is 0 Å². The smallest absolute Gasteiger partial charge is 0.251 e. The van der Waals surface area contributed by atoms with Gasteiger partial charge in [0.25, 0.3) is 5.91 Å². The Bertz CT molecular complexity index is 709. The normalized spacial score (nSPS) is 13.1. The first kappa shape index (κ1) is 17.1. The average molecular weight is 336 g/mol. The van der Waals surface area contributed by atoms with Gasteiger partial charge >= 0.3 is 0 Å². The van der Waals surface area contributed by atoms with E-state index in [1.807, 2.05) is 25.1 Å². The molecule has 1 amide bonds. The van der Waals surface area contributed by atoms with Crippen molar-refractivity contribution in [2.24, 2.45) is 5.73 Å². The van der Waals surface area contributed by atoms with E-state index in [2.05, 4.69) is 10.3 Å². The molecule has 1 atom stereocenters. The monoisotopic (exact) mass is 335 g/mol. The van der Waals surface area contributed by atoms with Crippen LogP contribution in [0.25, 0.3) is 0 Å². The lowest BCUT2D eigenvalue weighted by molar-refractivity contribution is 0.0939. The lowest BCUT2D eigenvalue weighted by Gasteiger charge is -2.15. The van der Waals surface area contributed by atoms with Gasteiger partial charge in [0, 0.05) is 18.3 Å². The summed E-state index contributed by atoms with van der Waals surface area (Å²) in [5, 5.41) is 2.95. The summed E-state index contributed by atoms with van der Waals surface area (Å²) in [6.07, 6.45) is 1.59. The molecule has 23 heavy (non-hydrogen) atoms. The highest BCUT2D eigenvalue weighted by atomic mass is 35.5. The molecule has 0 fully saturated rings. The van der Waals surface area contributed by atoms with Crippen LogP contribution < -0.4 is 20.5 Å². The maximum atomic E-state index is 12.3. The van der Waals surface area contributed by atoms with Gasteiger partial charge in [0.2, 0.25) is 6.79 Å². The summed E-state index contributed by atoms with van der Waals surface area (Å²) in [7, 11) is 0. The van der Waals surface area contributed by atoms with Crippen molar-refractivity contribution in [2.45, 2.75) is 19.5 Å². The lowest BCUT2D eigenvalue weighted by atomic mass is 10.1. The lowest BCUT2D eigenvalue weighted by Crippen LogP contribution is -2.26. The number of amides is 1. The van der Waals surface area contributed by atoms with E-state index < -0.39 is 0 Å². The van der Waals surface area contributed by atoms with Crippen LogP contribution in [0.1, 0.15) is 34.6 Å². The molecule has 1 aliphatic rings. The number of carbonyl (C=O) groups excluding carboxylic acids is 1. The van der Waals surface area contributed by atoms with Crippen molar-refractivity contribution >= 4 is 18.3 Å². The zero-order chi connectivity index (χ0) is 15.5. The summed E-state index contributed by atoms with van der Waals surface area (Å²) in [5.74, 6) is 1.26. The van der Waals surface area contributed by atoms with Crippen molar-refractivity contribution < 1.29 is 14.3 Å². The second-order valence-corrected chi connectivity index (χ2v) is 5.05. The number of fused-ring (bicyclic) bond motifs is 1. The minimum atomic E-state index is -0.165. The van der Waals surface area contributed by atoms with Crippen molar-refractivity contribution in [1.29, 1.82) is 0 Å². The number of benzene rings is 1. The fourth-order valence-electron chi connectivity index (χ4n) is 2.28. The van der Waals surface area contributed by atoms with Crippen LogP contribution in [-0.2, 0) is 6.54 Å². The predicted octanol–water partition coefficient (Wildman–Crippen LogP) is 2.18. The highest BCUT2D eigenvalue weighted by molar-refractivity contribution is 5.94. The zero-order valence-corrected chi connectivity index (χ0v) is 13.4. The molecule has 122 valence electrons. The average Bonchev–Trinajstić information content (AvgIpc) is 3.02. The highest BCUT2D eigenvalue weighted by Gasteiger charge is 2.17. The topological polar surface area (TPSA) is 86.5 Å². The molecule has 0 spiro atoms. The first-order chi connectivity index (χ1) is 10.7. The SMILES string of the molecule is CC(NC(=O)c1ccnc(CN)c1)c1ccc2c(c1)OCO2.Cl. The Morgan fingerprint density at radius 1 is 1.30 bits per heavy atom. The number of nitrogens with zero attached hydrogens (tertiary/aromatic N) is 1. The highest BCUT2D eigenvalue weighted by Crippen LogP contribution is 2.34. The number of halogens is 1. The van der Waals surface area contributed by atoms with E-state index in [1.165, 1.54) is 0 Å². The third-order valence-corrected chi connectivity index (χ3v) is 3.53. The van der Waals surface area contributed by atoms with E-state index in [1.54, 1.807) is 18.3 Å². The zero-order valence-electron chi connectivity index (χ0n) is 12.6. The number of aromatic nitrogens is 1. The number of rotatable bonds is 4. The van der Waals surface area contributed by atoms with Gasteiger partial charge in [-0.25, -0.2) is 0 Å². The first-order valence-electron chi connectivity index (χ1n) is 7.03. The van der Waals surface area contributed by atoms with Crippen molar-refractivity contribution in [3.8, 4) is 11.5 Å². The molecule has 2 aromatic rings. The molecule has 1 aliphatic heterocycles. The summed E-state index contributed by atoms with van der Waals surface area (Å²) in [6, 6.07) is 8.85. The number of nitrogens with one attached hydrogen (secondary N) is 1. The molecule has 0 bridgehead atoms. The summed E-state index contributed by atoms with van der Waals surface area (Å²) in [4.78, 5) is 16.4. The molecule has 0 aliphatic carbocycles. The molecule has 6 nitrogen and oxygen atoms in total. The fourth-order valence-corrected chi connectivity index (χ4v) is 2.28. The summed E-state index contributed by atoms with van der Waals surface area (Å²) < 4.78 is 10.6. The molecule has 1 aromatic carbocycles. The molecular formula is C16H18ClN3O3. The van der Waals surface area contributed by atoms with Crippen LogP contribution in [0.5, 0.6) is 11.5 Å². The molecule has 0 radical (unpaired) electrons. The van der Waals surface area contributed by atoms with Crippen LogP contribution in [-0.4, -0.2) is 17.7 Å². The van der Waals surface area contributed by atoms with Crippen LogP contribution in [0.4, 0.5) is 0 Å². The van der Waals surface area contributed by atoms with E-state index in [0.717, 1.165) is 11.3 Å². The number of hydrogen-bond donors (Lipinski definition) is 2. The largest absolute Gasteiger partial charge is 0.454 e. The molecule has 0 saturated heterocycles. The standard InChI is InChI=1S/C16H17N3O3.ClH/c1-10(11-2-3-14-15(7-11)22-9-21-14)19-16(20)12-4-5-18-13(6-12)8-17;/h2-7,10H,8-9,17H2,1H3,(H,19,20);1H. The Hall–Kier alpha value is -2.31. The number of nitrogens with two attached hydrogens (primary N) is 1. The molecule has 0 saturated carbocycles. The van der Waals surface area contributed by atoms with Gasteiger partial charge in [-0.1, -0.05) is 6.07 Å². The Labute approximate surface area is 140 Å². The van der Waals surface area contributed by atoms with Gasteiger partial charge in [0.1, 0.15) is 0 Å². The minimum absolute atomic E-state index is 0. The number of hydrogen-bond acceptors (Lipinski definition) is 5. The number of ether oxygens (including phenoxy) is 2. The second kappa shape index (κ2) is 7.30. The Morgan fingerprint density at radius 2 is 2.09 bits per heavy atom. The molecule has 3 rings (SSSR count). The maximum absolute atomic E-state index is 12.3. The fraction of sp³-hybridized carbons (Fsp3) is 0.250. The Balaban J connectivity index is 0.00000192. The second-order valence-electron chi connectivity index (χ2n) is 5.05. The Kier molecular flexibility index (Phi) is 5.41. The van der Waals surface area contributed by atoms with Gasteiger partial charge in [0.15, 0.2) is 11.5 Å². The van der Waals surface area contributed by atoms with E-state index in [9.17, 15) is 4.79 Å². The third kappa shape index (κ3) is 3.72. The number of carbonyl (C=O) groups is 1. The van der Waals surface area contributed by atoms with Gasteiger partial charge in [-0.3, -0.25) is 9.78 Å². The predicted molar refractivity (Wildman–Crippen MR) is 87.8 cm³/mol. The minimum Gasteiger partial charge on any atom is -0.454 e. The molecule has 3 N–H and O–H groups in total. The summed E-state index contributed by atoms with van der Waals surface area (Å²) >= 11 is 0. The van der Waals surface area contributed by atoms with Crippen molar-refractivity contribution in [3.63, 3.8) is 0 Å². The maximum Gasteiger partial charge on any atom is 0.251 e. The van der Waals surface area contributed by atoms with Gasteiger partial charge in [-0.15, -0.1) is 12.4 Å².